The Morgan fingerprint density at radius 3 is 2.50 bits per heavy atom. The van der Waals surface area contributed by atoms with E-state index < -0.39 is 0 Å². The van der Waals surface area contributed by atoms with E-state index in [0.29, 0.717) is 18.9 Å². The number of likely N-dealkylation sites (N-methyl/N-ethyl adjacent to an activating group) is 1. The first-order valence-electron chi connectivity index (χ1n) is 8.63. The lowest BCUT2D eigenvalue weighted by Crippen LogP contribution is -3.12. The van der Waals surface area contributed by atoms with E-state index in [1.54, 1.807) is 7.11 Å². The molecular weight excluding hydrogens is 396 g/mol. The number of carbonyl (C=O) groups excluding carboxylic acids is 1. The highest BCUT2D eigenvalue weighted by atomic mass is 79.9. The second-order valence-corrected chi connectivity index (χ2v) is 7.07. The van der Waals surface area contributed by atoms with Crippen LogP contribution in [0.25, 0.3) is 0 Å². The maximum absolute atomic E-state index is 12.5. The molecule has 0 saturated carbocycles. The fourth-order valence-corrected chi connectivity index (χ4v) is 2.84. The van der Waals surface area contributed by atoms with Crippen molar-refractivity contribution in [2.24, 2.45) is 0 Å². The Morgan fingerprint density at radius 2 is 1.88 bits per heavy atom. The summed E-state index contributed by atoms with van der Waals surface area (Å²) in [6.45, 7) is 5.16. The van der Waals surface area contributed by atoms with Crippen LogP contribution in [0.5, 0.6) is 11.5 Å². The second kappa shape index (κ2) is 9.59. The zero-order chi connectivity index (χ0) is 19.1. The van der Waals surface area contributed by atoms with E-state index in [0.717, 1.165) is 26.4 Å². The lowest BCUT2D eigenvalue weighted by molar-refractivity contribution is -0.907. The van der Waals surface area contributed by atoms with Crippen molar-refractivity contribution in [1.82, 2.24) is 0 Å². The third-order valence-corrected chi connectivity index (χ3v) is 4.78. The van der Waals surface area contributed by atoms with E-state index in [9.17, 15) is 4.79 Å². The lowest BCUT2D eigenvalue weighted by atomic mass is 10.1. The maximum atomic E-state index is 12.5. The molecule has 26 heavy (non-hydrogen) atoms. The predicted molar refractivity (Wildman–Crippen MR) is 107 cm³/mol. The van der Waals surface area contributed by atoms with Gasteiger partial charge in [-0.3, -0.25) is 4.79 Å². The molecule has 2 rings (SSSR count). The highest BCUT2D eigenvalue weighted by Gasteiger charge is 2.22. The van der Waals surface area contributed by atoms with Crippen LogP contribution in [0, 0.1) is 0 Å². The Labute approximate surface area is 163 Å². The van der Waals surface area contributed by atoms with E-state index in [1.807, 2.05) is 63.4 Å². The van der Waals surface area contributed by atoms with Gasteiger partial charge in [-0.1, -0.05) is 15.9 Å². The highest BCUT2D eigenvalue weighted by molar-refractivity contribution is 9.10. The molecule has 0 aromatic heterocycles. The Morgan fingerprint density at radius 1 is 1.19 bits per heavy atom. The summed E-state index contributed by atoms with van der Waals surface area (Å²) in [4.78, 5) is 13.6. The molecule has 0 bridgehead atoms. The molecule has 2 N–H and O–H groups in total. The first-order chi connectivity index (χ1) is 12.4. The Bertz CT molecular complexity index is 734. The van der Waals surface area contributed by atoms with Crippen molar-refractivity contribution in [2.45, 2.75) is 26.4 Å². The average Bonchev–Trinajstić information content (AvgIpc) is 2.64. The molecule has 140 valence electrons. The van der Waals surface area contributed by atoms with Gasteiger partial charge in [-0.05, 0) is 56.3 Å². The van der Waals surface area contributed by atoms with Crippen LogP contribution in [0.4, 0.5) is 5.69 Å². The van der Waals surface area contributed by atoms with Gasteiger partial charge in [0.25, 0.3) is 5.91 Å². The van der Waals surface area contributed by atoms with Crippen LogP contribution in [0.3, 0.4) is 0 Å². The monoisotopic (exact) mass is 421 g/mol. The fraction of sp³-hybridized carbons (Fsp3) is 0.350. The van der Waals surface area contributed by atoms with Crippen molar-refractivity contribution in [3.05, 3.63) is 52.5 Å². The summed E-state index contributed by atoms with van der Waals surface area (Å²) >= 11 is 3.39. The standard InChI is InChI=1S/C20H25BrN2O3/c1-5-26-18-11-6-15(12-19(18)25-4)13-23(3)14(2)20(24)22-17-9-7-16(21)8-10-17/h6-12,14H,5,13H2,1-4H3,(H,22,24)/p+1/t14-/m1/s1. The van der Waals surface area contributed by atoms with Gasteiger partial charge in [0.1, 0.15) is 6.54 Å². The molecule has 2 aromatic rings. The van der Waals surface area contributed by atoms with Gasteiger partial charge >= 0.3 is 0 Å². The van der Waals surface area contributed by atoms with Crippen molar-refractivity contribution >= 4 is 27.5 Å². The molecule has 5 nitrogen and oxygen atoms in total. The molecule has 0 aliphatic carbocycles. The second-order valence-electron chi connectivity index (χ2n) is 6.16. The molecule has 1 amide bonds. The van der Waals surface area contributed by atoms with E-state index >= 15 is 0 Å². The number of halogens is 1. The molecule has 0 spiro atoms. The van der Waals surface area contributed by atoms with Crippen molar-refractivity contribution < 1.29 is 19.2 Å². The molecular formula is C20H26BrN2O3+. The van der Waals surface area contributed by atoms with Crippen LogP contribution in [0.15, 0.2) is 46.9 Å². The molecule has 0 heterocycles. The molecule has 0 saturated heterocycles. The molecule has 0 radical (unpaired) electrons. The average molecular weight is 422 g/mol. The van der Waals surface area contributed by atoms with Gasteiger partial charge in [0.05, 0.1) is 20.8 Å². The van der Waals surface area contributed by atoms with Crippen LogP contribution < -0.4 is 19.7 Å². The normalized spacial score (nSPS) is 13.0. The first-order valence-corrected chi connectivity index (χ1v) is 9.42. The number of rotatable bonds is 8. The number of hydrogen-bond donors (Lipinski definition) is 2. The smallest absolute Gasteiger partial charge is 0.282 e. The lowest BCUT2D eigenvalue weighted by Gasteiger charge is -2.21. The largest absolute Gasteiger partial charge is 0.493 e. The van der Waals surface area contributed by atoms with Crippen LogP contribution in [-0.2, 0) is 11.3 Å². The van der Waals surface area contributed by atoms with E-state index in [-0.39, 0.29) is 11.9 Å². The van der Waals surface area contributed by atoms with E-state index in [1.165, 1.54) is 0 Å². The summed E-state index contributed by atoms with van der Waals surface area (Å²) in [5.74, 6) is 1.43. The summed E-state index contributed by atoms with van der Waals surface area (Å²) in [6.07, 6.45) is 0. The number of nitrogens with one attached hydrogen (secondary N) is 2. The Balaban J connectivity index is 2.00. The number of amides is 1. The number of methoxy groups -OCH3 is 1. The zero-order valence-electron chi connectivity index (χ0n) is 15.6. The van der Waals surface area contributed by atoms with Crippen molar-refractivity contribution in [1.29, 1.82) is 0 Å². The summed E-state index contributed by atoms with van der Waals surface area (Å²) in [6, 6.07) is 13.3. The summed E-state index contributed by atoms with van der Waals surface area (Å²) in [5.41, 5.74) is 1.88. The van der Waals surface area contributed by atoms with Crippen LogP contribution >= 0.6 is 15.9 Å². The summed E-state index contributed by atoms with van der Waals surface area (Å²) in [5, 5.41) is 2.96. The van der Waals surface area contributed by atoms with Crippen molar-refractivity contribution in [3.8, 4) is 11.5 Å². The van der Waals surface area contributed by atoms with Crippen LogP contribution in [0.2, 0.25) is 0 Å². The van der Waals surface area contributed by atoms with Gasteiger partial charge in [-0.25, -0.2) is 0 Å². The van der Waals surface area contributed by atoms with Crippen molar-refractivity contribution in [3.63, 3.8) is 0 Å². The van der Waals surface area contributed by atoms with Crippen molar-refractivity contribution in [2.75, 3.05) is 26.1 Å². The quantitative estimate of drug-likeness (QED) is 0.688. The highest BCUT2D eigenvalue weighted by Crippen LogP contribution is 2.27. The predicted octanol–water partition coefficient (Wildman–Crippen LogP) is 2.90. The van der Waals surface area contributed by atoms with E-state index in [4.69, 9.17) is 9.47 Å². The molecule has 0 fully saturated rings. The number of anilines is 1. The maximum Gasteiger partial charge on any atom is 0.282 e. The van der Waals surface area contributed by atoms with Gasteiger partial charge in [-0.2, -0.15) is 0 Å². The molecule has 0 aliphatic rings. The Hall–Kier alpha value is -2.05. The van der Waals surface area contributed by atoms with Crippen LogP contribution in [0.1, 0.15) is 19.4 Å². The van der Waals surface area contributed by atoms with Gasteiger partial charge < -0.3 is 19.7 Å². The fourth-order valence-electron chi connectivity index (χ4n) is 2.58. The third-order valence-electron chi connectivity index (χ3n) is 4.26. The molecule has 1 unspecified atom stereocenters. The number of hydrogen-bond acceptors (Lipinski definition) is 3. The molecule has 2 aromatic carbocycles. The number of benzene rings is 2. The Kier molecular flexibility index (Phi) is 7.48. The molecule has 2 atom stereocenters. The van der Waals surface area contributed by atoms with Crippen LogP contribution in [-0.4, -0.2) is 32.7 Å². The minimum absolute atomic E-state index is 0.0114. The van der Waals surface area contributed by atoms with Gasteiger partial charge in [0.2, 0.25) is 0 Å². The molecule has 6 heteroatoms. The van der Waals surface area contributed by atoms with Gasteiger partial charge in [-0.15, -0.1) is 0 Å². The topological polar surface area (TPSA) is 52.0 Å². The molecule has 0 aliphatic heterocycles. The SMILES string of the molecule is CCOc1ccc(C[NH+](C)[C@H](C)C(=O)Nc2ccc(Br)cc2)cc1OC. The summed E-state index contributed by atoms with van der Waals surface area (Å²) in [7, 11) is 3.64. The number of quaternary nitrogens is 1. The van der Waals surface area contributed by atoms with E-state index in [2.05, 4.69) is 21.2 Å². The third kappa shape index (κ3) is 5.47. The number of ether oxygens (including phenoxy) is 2. The summed E-state index contributed by atoms with van der Waals surface area (Å²) < 4.78 is 11.9. The van der Waals surface area contributed by atoms with Gasteiger partial charge in [0.15, 0.2) is 17.5 Å². The minimum atomic E-state index is -0.198. The zero-order valence-corrected chi connectivity index (χ0v) is 17.2. The number of carbonyl (C=O) groups is 1. The van der Waals surface area contributed by atoms with Gasteiger partial charge in [0, 0.05) is 15.7 Å². The minimum Gasteiger partial charge on any atom is -0.493 e. The first kappa shape index (κ1) is 20.3.